The monoisotopic (exact) mass is 145 g/mol. The van der Waals surface area contributed by atoms with Gasteiger partial charge in [-0.05, 0) is 6.08 Å². The Balaban J connectivity index is 2.39. The summed E-state index contributed by atoms with van der Waals surface area (Å²) < 4.78 is 0. The maximum absolute atomic E-state index is 3.99. The summed E-state index contributed by atoms with van der Waals surface area (Å²) in [6, 6.07) is 0. The first-order valence-corrected chi connectivity index (χ1v) is 3.35. The summed E-state index contributed by atoms with van der Waals surface area (Å²) in [6.45, 7) is 0. The number of fused-ring (bicyclic) bond motifs is 1. The van der Waals surface area contributed by atoms with Gasteiger partial charge in [0, 0.05) is 31.0 Å². The zero-order valence-corrected chi connectivity index (χ0v) is 5.88. The predicted molar refractivity (Wildman–Crippen MR) is 45.2 cm³/mol. The quantitative estimate of drug-likeness (QED) is 0.504. The van der Waals surface area contributed by atoms with Crippen LogP contribution in [0.2, 0.25) is 0 Å². The van der Waals surface area contributed by atoms with Crippen LogP contribution in [0.1, 0.15) is 0 Å². The average molecular weight is 145 g/mol. The number of aliphatic imine (C=N–C) groups is 2. The zero-order valence-electron chi connectivity index (χ0n) is 5.88. The van der Waals surface area contributed by atoms with Gasteiger partial charge < -0.3 is 4.90 Å². The van der Waals surface area contributed by atoms with Crippen LogP contribution in [0.5, 0.6) is 0 Å². The summed E-state index contributed by atoms with van der Waals surface area (Å²) >= 11 is 0. The molecule has 0 fully saturated rings. The van der Waals surface area contributed by atoms with E-state index in [1.165, 1.54) is 0 Å². The van der Waals surface area contributed by atoms with Crippen LogP contribution in [0.25, 0.3) is 0 Å². The lowest BCUT2D eigenvalue weighted by molar-refractivity contribution is 0.659. The molecule has 2 rings (SSSR count). The summed E-state index contributed by atoms with van der Waals surface area (Å²) in [5.74, 6) is 0. The van der Waals surface area contributed by atoms with E-state index in [4.69, 9.17) is 0 Å². The highest BCUT2D eigenvalue weighted by Crippen LogP contribution is 2.09. The van der Waals surface area contributed by atoms with Gasteiger partial charge in [-0.25, -0.2) is 0 Å². The molecule has 3 nitrogen and oxygen atoms in total. The molecule has 2 heterocycles. The second-order valence-electron chi connectivity index (χ2n) is 2.17. The molecule has 11 heavy (non-hydrogen) atoms. The first-order valence-electron chi connectivity index (χ1n) is 3.35. The van der Waals surface area contributed by atoms with Crippen LogP contribution in [0, 0.1) is 0 Å². The van der Waals surface area contributed by atoms with Crippen molar-refractivity contribution in [2.75, 3.05) is 0 Å². The van der Waals surface area contributed by atoms with Crippen molar-refractivity contribution in [1.82, 2.24) is 4.90 Å². The molecule has 0 aromatic rings. The van der Waals surface area contributed by atoms with E-state index in [-0.39, 0.29) is 0 Å². The van der Waals surface area contributed by atoms with Gasteiger partial charge in [0.05, 0.1) is 11.9 Å². The Hall–Kier alpha value is -1.64. The van der Waals surface area contributed by atoms with Gasteiger partial charge >= 0.3 is 0 Å². The molecule has 0 N–H and O–H groups in total. The largest absolute Gasteiger partial charge is 0.319 e. The first kappa shape index (κ1) is 6.09. The Bertz CT molecular complexity index is 294. The van der Waals surface area contributed by atoms with Crippen LogP contribution < -0.4 is 0 Å². The summed E-state index contributed by atoms with van der Waals surface area (Å²) in [5, 5.41) is 0. The van der Waals surface area contributed by atoms with Gasteiger partial charge in [-0.2, -0.15) is 0 Å². The van der Waals surface area contributed by atoms with Crippen LogP contribution in [0.4, 0.5) is 0 Å². The Labute approximate surface area is 64.8 Å². The van der Waals surface area contributed by atoms with Crippen molar-refractivity contribution in [1.29, 1.82) is 0 Å². The summed E-state index contributed by atoms with van der Waals surface area (Å²) in [6.07, 6.45) is 12.7. The summed E-state index contributed by atoms with van der Waals surface area (Å²) in [5.41, 5.74) is 1.03. The number of nitrogens with zero attached hydrogens (tertiary/aromatic N) is 3. The molecule has 0 amide bonds. The molecule has 54 valence electrons. The Morgan fingerprint density at radius 1 is 1.09 bits per heavy atom. The molecule has 0 aromatic heterocycles. The second-order valence-corrected chi connectivity index (χ2v) is 2.17. The third-order valence-electron chi connectivity index (χ3n) is 1.46. The maximum atomic E-state index is 3.99. The summed E-state index contributed by atoms with van der Waals surface area (Å²) in [4.78, 5) is 9.93. The molecule has 0 bridgehead atoms. The maximum Gasteiger partial charge on any atom is 0.0649 e. The van der Waals surface area contributed by atoms with Crippen molar-refractivity contribution in [2.45, 2.75) is 0 Å². The third-order valence-corrected chi connectivity index (χ3v) is 1.46. The molecule has 0 radical (unpaired) electrons. The van der Waals surface area contributed by atoms with Crippen LogP contribution in [0.15, 0.2) is 46.6 Å². The van der Waals surface area contributed by atoms with E-state index in [2.05, 4.69) is 9.98 Å². The van der Waals surface area contributed by atoms with E-state index < -0.39 is 0 Å². The van der Waals surface area contributed by atoms with Crippen molar-refractivity contribution < 1.29 is 0 Å². The highest BCUT2D eigenvalue weighted by atomic mass is 15.1. The van der Waals surface area contributed by atoms with Crippen LogP contribution >= 0.6 is 0 Å². The van der Waals surface area contributed by atoms with Crippen molar-refractivity contribution in [2.24, 2.45) is 9.98 Å². The van der Waals surface area contributed by atoms with Gasteiger partial charge in [0.15, 0.2) is 0 Å². The lowest BCUT2D eigenvalue weighted by atomic mass is 10.3. The minimum atomic E-state index is 1.03. The molecule has 0 saturated heterocycles. The molecule has 0 spiro atoms. The van der Waals surface area contributed by atoms with Gasteiger partial charge in [0.2, 0.25) is 0 Å². The first-order chi connectivity index (χ1) is 5.47. The van der Waals surface area contributed by atoms with Gasteiger partial charge in [-0.3, -0.25) is 9.98 Å². The molecular formula is C8H7N3. The molecular weight excluding hydrogens is 138 g/mol. The fourth-order valence-corrected chi connectivity index (χ4v) is 0.927. The molecule has 2 aliphatic heterocycles. The molecule has 0 atom stereocenters. The molecule has 0 aromatic carbocycles. The van der Waals surface area contributed by atoms with Crippen molar-refractivity contribution >= 4 is 12.4 Å². The SMILES string of the molecule is C1=CN2C=CN=CC2=CC=N1. The van der Waals surface area contributed by atoms with Gasteiger partial charge in [-0.1, -0.05) is 0 Å². The van der Waals surface area contributed by atoms with Crippen LogP contribution in [0.3, 0.4) is 0 Å². The van der Waals surface area contributed by atoms with Crippen molar-refractivity contribution in [3.8, 4) is 0 Å². The Morgan fingerprint density at radius 2 is 1.91 bits per heavy atom. The normalized spacial score (nSPS) is 19.6. The molecule has 2 aliphatic rings. The number of hydrogen-bond donors (Lipinski definition) is 0. The topological polar surface area (TPSA) is 28.0 Å². The second kappa shape index (κ2) is 2.54. The lowest BCUT2D eigenvalue weighted by Crippen LogP contribution is -2.11. The Kier molecular flexibility index (Phi) is 1.41. The fourth-order valence-electron chi connectivity index (χ4n) is 0.927. The fraction of sp³-hybridized carbons (Fsp3) is 0. The lowest BCUT2D eigenvalue weighted by Gasteiger charge is -2.16. The standard InChI is InChI=1S/C8H7N3/c1-2-9-3-5-11-6-4-10-7-8(1)11/h1-7H. The van der Waals surface area contributed by atoms with Gasteiger partial charge in [0.25, 0.3) is 0 Å². The molecule has 0 unspecified atom stereocenters. The van der Waals surface area contributed by atoms with E-state index >= 15 is 0 Å². The Morgan fingerprint density at radius 3 is 2.82 bits per heavy atom. The number of rotatable bonds is 0. The average Bonchev–Trinajstić information content (AvgIpc) is 2.28. The zero-order chi connectivity index (χ0) is 7.52. The molecule has 0 aliphatic carbocycles. The van der Waals surface area contributed by atoms with E-state index in [1.807, 2.05) is 23.4 Å². The number of hydrogen-bond acceptors (Lipinski definition) is 3. The van der Waals surface area contributed by atoms with E-state index in [0.717, 1.165) is 5.70 Å². The summed E-state index contributed by atoms with van der Waals surface area (Å²) in [7, 11) is 0. The third kappa shape index (κ3) is 1.12. The van der Waals surface area contributed by atoms with Gasteiger partial charge in [-0.15, -0.1) is 0 Å². The smallest absolute Gasteiger partial charge is 0.0649 e. The predicted octanol–water partition coefficient (Wildman–Crippen LogP) is 1.28. The number of allylic oxidation sites excluding steroid dienone is 2. The highest BCUT2D eigenvalue weighted by Gasteiger charge is 2.03. The molecule has 3 heteroatoms. The van der Waals surface area contributed by atoms with Crippen LogP contribution in [-0.4, -0.2) is 17.3 Å². The van der Waals surface area contributed by atoms with E-state index in [9.17, 15) is 0 Å². The minimum absolute atomic E-state index is 1.03. The molecule has 0 saturated carbocycles. The van der Waals surface area contributed by atoms with Crippen LogP contribution in [-0.2, 0) is 0 Å². The van der Waals surface area contributed by atoms with Crippen molar-refractivity contribution in [3.63, 3.8) is 0 Å². The van der Waals surface area contributed by atoms with E-state index in [0.29, 0.717) is 0 Å². The highest BCUT2D eigenvalue weighted by molar-refractivity contribution is 5.88. The van der Waals surface area contributed by atoms with Crippen molar-refractivity contribution in [3.05, 3.63) is 36.6 Å². The minimum Gasteiger partial charge on any atom is -0.319 e. The van der Waals surface area contributed by atoms with Gasteiger partial charge in [0.1, 0.15) is 0 Å². The van der Waals surface area contributed by atoms with E-state index in [1.54, 1.807) is 24.8 Å².